The number of nitrogens with zero attached hydrogens (tertiary/aromatic N) is 1. The van der Waals surface area contributed by atoms with Crippen molar-refractivity contribution in [2.75, 3.05) is 0 Å². The van der Waals surface area contributed by atoms with Gasteiger partial charge >= 0.3 is 0 Å². The minimum atomic E-state index is -0.256. The van der Waals surface area contributed by atoms with Gasteiger partial charge in [0.15, 0.2) is 0 Å². The van der Waals surface area contributed by atoms with Crippen molar-refractivity contribution in [2.24, 2.45) is 0 Å². The van der Waals surface area contributed by atoms with Crippen LogP contribution in [0.5, 0.6) is 5.75 Å². The lowest BCUT2D eigenvalue weighted by Crippen LogP contribution is -2.28. The van der Waals surface area contributed by atoms with E-state index in [0.717, 1.165) is 17.0 Å². The van der Waals surface area contributed by atoms with Crippen LogP contribution in [-0.4, -0.2) is 16.5 Å². The SMILES string of the molecule is CC(C)c1ccc(CC(=O)N[C@H](C)c2ccc(OC(C)(C)C)cn2)cc1. The molecule has 1 atom stereocenters. The third-order valence-electron chi connectivity index (χ3n) is 4.02. The van der Waals surface area contributed by atoms with E-state index >= 15 is 0 Å². The van der Waals surface area contributed by atoms with Gasteiger partial charge in [0.05, 0.1) is 24.4 Å². The Hall–Kier alpha value is -2.36. The molecule has 0 aliphatic rings. The van der Waals surface area contributed by atoms with Gasteiger partial charge in [-0.05, 0) is 56.9 Å². The Balaban J connectivity index is 1.92. The highest BCUT2D eigenvalue weighted by atomic mass is 16.5. The summed E-state index contributed by atoms with van der Waals surface area (Å²) in [6.07, 6.45) is 2.07. The van der Waals surface area contributed by atoms with Crippen LogP contribution in [0.25, 0.3) is 0 Å². The Labute approximate surface area is 157 Å². The quantitative estimate of drug-likeness (QED) is 0.810. The van der Waals surface area contributed by atoms with Crippen LogP contribution < -0.4 is 10.1 Å². The van der Waals surface area contributed by atoms with E-state index in [9.17, 15) is 4.79 Å². The summed E-state index contributed by atoms with van der Waals surface area (Å²) in [6.45, 7) is 12.3. The van der Waals surface area contributed by atoms with Gasteiger partial charge in [-0.25, -0.2) is 0 Å². The minimum Gasteiger partial charge on any atom is -0.487 e. The van der Waals surface area contributed by atoms with E-state index in [1.165, 1.54) is 5.56 Å². The van der Waals surface area contributed by atoms with E-state index in [0.29, 0.717) is 12.3 Å². The Bertz CT molecular complexity index is 713. The smallest absolute Gasteiger partial charge is 0.224 e. The van der Waals surface area contributed by atoms with Gasteiger partial charge in [-0.3, -0.25) is 9.78 Å². The number of carbonyl (C=O) groups excluding carboxylic acids is 1. The molecule has 0 saturated carbocycles. The zero-order chi connectivity index (χ0) is 19.3. The molecule has 2 rings (SSSR count). The summed E-state index contributed by atoms with van der Waals surface area (Å²) < 4.78 is 5.77. The number of hydrogen-bond acceptors (Lipinski definition) is 3. The molecule has 2 aromatic rings. The lowest BCUT2D eigenvalue weighted by atomic mass is 10.0. The van der Waals surface area contributed by atoms with Crippen LogP contribution >= 0.6 is 0 Å². The van der Waals surface area contributed by atoms with Gasteiger partial charge in [-0.1, -0.05) is 38.1 Å². The van der Waals surface area contributed by atoms with E-state index in [1.54, 1.807) is 6.20 Å². The fourth-order valence-electron chi connectivity index (χ4n) is 2.63. The fourth-order valence-corrected chi connectivity index (χ4v) is 2.63. The van der Waals surface area contributed by atoms with Gasteiger partial charge in [0.2, 0.25) is 5.91 Å². The predicted molar refractivity (Wildman–Crippen MR) is 105 cm³/mol. The van der Waals surface area contributed by atoms with Crippen molar-refractivity contribution in [2.45, 2.75) is 65.5 Å². The van der Waals surface area contributed by atoms with E-state index < -0.39 is 0 Å². The second kappa shape index (κ2) is 8.35. The zero-order valence-corrected chi connectivity index (χ0v) is 16.7. The Morgan fingerprint density at radius 2 is 1.73 bits per heavy atom. The molecule has 0 unspecified atom stereocenters. The van der Waals surface area contributed by atoms with Crippen molar-refractivity contribution < 1.29 is 9.53 Å². The van der Waals surface area contributed by atoms with E-state index in [4.69, 9.17) is 4.74 Å². The van der Waals surface area contributed by atoms with E-state index in [2.05, 4.69) is 36.3 Å². The molecule has 26 heavy (non-hydrogen) atoms. The first-order chi connectivity index (χ1) is 12.1. The summed E-state index contributed by atoms with van der Waals surface area (Å²) in [7, 11) is 0. The summed E-state index contributed by atoms with van der Waals surface area (Å²) in [6, 6.07) is 11.9. The van der Waals surface area contributed by atoms with Crippen LogP contribution in [0.3, 0.4) is 0 Å². The number of hydrogen-bond donors (Lipinski definition) is 1. The predicted octanol–water partition coefficient (Wildman–Crippen LogP) is 4.80. The first kappa shape index (κ1) is 20.0. The average molecular weight is 354 g/mol. The largest absolute Gasteiger partial charge is 0.487 e. The molecule has 0 spiro atoms. The van der Waals surface area contributed by atoms with Crippen molar-refractivity contribution in [3.63, 3.8) is 0 Å². The molecule has 1 aromatic carbocycles. The zero-order valence-electron chi connectivity index (χ0n) is 16.7. The Morgan fingerprint density at radius 3 is 2.23 bits per heavy atom. The lowest BCUT2D eigenvalue weighted by molar-refractivity contribution is -0.121. The molecule has 0 radical (unpaired) electrons. The summed E-state index contributed by atoms with van der Waals surface area (Å²) in [4.78, 5) is 16.7. The first-order valence-electron chi connectivity index (χ1n) is 9.17. The van der Waals surface area contributed by atoms with Crippen LogP contribution in [0.4, 0.5) is 0 Å². The highest BCUT2D eigenvalue weighted by Crippen LogP contribution is 2.19. The molecule has 0 bridgehead atoms. The van der Waals surface area contributed by atoms with E-state index in [1.807, 2.05) is 52.0 Å². The lowest BCUT2D eigenvalue weighted by Gasteiger charge is -2.21. The molecule has 0 saturated heterocycles. The van der Waals surface area contributed by atoms with Gasteiger partial charge in [-0.15, -0.1) is 0 Å². The first-order valence-corrected chi connectivity index (χ1v) is 9.17. The van der Waals surface area contributed by atoms with E-state index in [-0.39, 0.29) is 17.6 Å². The van der Waals surface area contributed by atoms with Crippen LogP contribution in [0, 0.1) is 0 Å². The minimum absolute atomic E-state index is 0.00776. The third-order valence-corrected chi connectivity index (χ3v) is 4.02. The maximum atomic E-state index is 12.3. The number of pyridine rings is 1. The second-order valence-corrected chi connectivity index (χ2v) is 8.00. The second-order valence-electron chi connectivity index (χ2n) is 8.00. The number of amides is 1. The molecule has 0 aliphatic carbocycles. The summed E-state index contributed by atoms with van der Waals surface area (Å²) in [5.41, 5.74) is 2.86. The Kier molecular flexibility index (Phi) is 6.41. The van der Waals surface area contributed by atoms with Crippen LogP contribution in [0.15, 0.2) is 42.6 Å². The van der Waals surface area contributed by atoms with Crippen molar-refractivity contribution in [3.8, 4) is 5.75 Å². The van der Waals surface area contributed by atoms with Crippen LogP contribution in [0.1, 0.15) is 70.3 Å². The average Bonchev–Trinajstić information content (AvgIpc) is 2.54. The molecule has 1 heterocycles. The maximum Gasteiger partial charge on any atom is 0.224 e. The Morgan fingerprint density at radius 1 is 1.08 bits per heavy atom. The van der Waals surface area contributed by atoms with Gasteiger partial charge < -0.3 is 10.1 Å². The molecule has 1 amide bonds. The summed E-state index contributed by atoms with van der Waals surface area (Å²) in [5, 5.41) is 3.01. The van der Waals surface area contributed by atoms with Crippen LogP contribution in [0.2, 0.25) is 0 Å². The van der Waals surface area contributed by atoms with Crippen molar-refractivity contribution >= 4 is 5.91 Å². The molecule has 0 fully saturated rings. The normalized spacial score (nSPS) is 12.7. The maximum absolute atomic E-state index is 12.3. The number of nitrogens with one attached hydrogen (secondary N) is 1. The molecule has 1 N–H and O–H groups in total. The number of ether oxygens (including phenoxy) is 1. The topological polar surface area (TPSA) is 51.2 Å². The third kappa shape index (κ3) is 6.17. The highest BCUT2D eigenvalue weighted by Gasteiger charge is 2.14. The molecule has 4 nitrogen and oxygen atoms in total. The number of carbonyl (C=O) groups is 1. The van der Waals surface area contributed by atoms with Gasteiger partial charge in [0.1, 0.15) is 11.4 Å². The molecule has 1 aromatic heterocycles. The van der Waals surface area contributed by atoms with Gasteiger partial charge in [0.25, 0.3) is 0 Å². The number of aromatic nitrogens is 1. The summed E-state index contributed by atoms with van der Waals surface area (Å²) in [5.74, 6) is 1.21. The van der Waals surface area contributed by atoms with Gasteiger partial charge in [-0.2, -0.15) is 0 Å². The summed E-state index contributed by atoms with van der Waals surface area (Å²) >= 11 is 0. The van der Waals surface area contributed by atoms with Crippen LogP contribution in [-0.2, 0) is 11.2 Å². The van der Waals surface area contributed by atoms with Crippen molar-refractivity contribution in [3.05, 3.63) is 59.4 Å². The molecular weight excluding hydrogens is 324 g/mol. The number of benzene rings is 1. The molecular formula is C22H30N2O2. The molecule has 140 valence electrons. The fraction of sp³-hybridized carbons (Fsp3) is 0.455. The number of rotatable bonds is 6. The molecule has 4 heteroatoms. The standard InChI is InChI=1S/C22H30N2O2/c1-15(2)18-9-7-17(8-10-18)13-21(25)24-16(3)20-12-11-19(14-23-20)26-22(4,5)6/h7-12,14-16H,13H2,1-6H3,(H,24,25)/t16-/m1/s1. The molecule has 0 aliphatic heterocycles. The van der Waals surface area contributed by atoms with Crippen molar-refractivity contribution in [1.29, 1.82) is 0 Å². The highest BCUT2D eigenvalue weighted by molar-refractivity contribution is 5.78. The van der Waals surface area contributed by atoms with Crippen molar-refractivity contribution in [1.82, 2.24) is 10.3 Å². The monoisotopic (exact) mass is 354 g/mol. The van der Waals surface area contributed by atoms with Gasteiger partial charge in [0, 0.05) is 0 Å².